The number of aryl methyl sites for hydroxylation is 1. The van der Waals surface area contributed by atoms with E-state index >= 15 is 0 Å². The van der Waals surface area contributed by atoms with E-state index in [0.717, 1.165) is 16.5 Å². The number of amides is 2. The highest BCUT2D eigenvalue weighted by atomic mass is 79.9. The van der Waals surface area contributed by atoms with Gasteiger partial charge in [0.2, 0.25) is 11.8 Å². The largest absolute Gasteiger partial charge is 0.416 e. The highest BCUT2D eigenvalue weighted by Gasteiger charge is 2.40. The molecule has 0 saturated carbocycles. The van der Waals surface area contributed by atoms with E-state index in [4.69, 9.17) is 0 Å². The lowest BCUT2D eigenvalue weighted by atomic mass is 10.0. The standard InChI is InChI=1S/C27H22BrF4N7O3/c1-13(40)25-19-5-15(16-9-33-14(2)34-10-16)3-4-20(19)39(37-25)12-24(41)38-11-18(29)8-21(38)26(42)36-23-7-17(27(30,31)32)6-22(28)35-23/h3-7,9-10,18,21H,8,11-12H2,1-2H3,(H,35,36,42)/t18-,21+/m1/s1. The summed E-state index contributed by atoms with van der Waals surface area (Å²) < 4.78 is 55.2. The molecular formula is C27H22BrF4N7O3. The first-order valence-electron chi connectivity index (χ1n) is 12.6. The zero-order valence-corrected chi connectivity index (χ0v) is 23.7. The summed E-state index contributed by atoms with van der Waals surface area (Å²) in [5.41, 5.74) is 0.964. The molecule has 15 heteroatoms. The summed E-state index contributed by atoms with van der Waals surface area (Å²) >= 11 is 2.89. The van der Waals surface area contributed by atoms with Gasteiger partial charge in [-0.05, 0) is 52.7 Å². The van der Waals surface area contributed by atoms with Crippen molar-refractivity contribution in [3.63, 3.8) is 0 Å². The van der Waals surface area contributed by atoms with Gasteiger partial charge < -0.3 is 10.2 Å². The Hall–Kier alpha value is -4.27. The van der Waals surface area contributed by atoms with E-state index in [9.17, 15) is 31.9 Å². The van der Waals surface area contributed by atoms with Gasteiger partial charge in [-0.15, -0.1) is 0 Å². The Bertz CT molecular complexity index is 1710. The Morgan fingerprint density at radius 1 is 1.10 bits per heavy atom. The minimum atomic E-state index is -4.69. The molecule has 0 aliphatic carbocycles. The molecule has 1 aliphatic rings. The molecule has 0 radical (unpaired) electrons. The molecule has 42 heavy (non-hydrogen) atoms. The van der Waals surface area contributed by atoms with E-state index in [1.54, 1.807) is 37.5 Å². The number of benzene rings is 1. The van der Waals surface area contributed by atoms with E-state index in [1.807, 2.05) is 0 Å². The molecular weight excluding hydrogens is 626 g/mol. The fourth-order valence-corrected chi connectivity index (χ4v) is 5.18. The van der Waals surface area contributed by atoms with Crippen molar-refractivity contribution in [3.05, 3.63) is 64.4 Å². The fourth-order valence-electron chi connectivity index (χ4n) is 4.74. The van der Waals surface area contributed by atoms with E-state index < -0.39 is 54.7 Å². The normalized spacial score (nSPS) is 17.1. The Balaban J connectivity index is 1.39. The monoisotopic (exact) mass is 647 g/mol. The number of carbonyl (C=O) groups is 3. The van der Waals surface area contributed by atoms with Gasteiger partial charge in [0.05, 0.1) is 17.6 Å². The molecule has 1 aliphatic heterocycles. The van der Waals surface area contributed by atoms with Gasteiger partial charge in [0.1, 0.15) is 40.7 Å². The summed E-state index contributed by atoms with van der Waals surface area (Å²) in [4.78, 5) is 52.0. The Morgan fingerprint density at radius 2 is 1.81 bits per heavy atom. The minimum absolute atomic E-state index is 0.118. The van der Waals surface area contributed by atoms with E-state index in [0.29, 0.717) is 28.4 Å². The average Bonchev–Trinajstić information content (AvgIpc) is 3.49. The number of fused-ring (bicyclic) bond motifs is 1. The first kappa shape index (κ1) is 29.2. The number of nitrogens with zero attached hydrogens (tertiary/aromatic N) is 6. The number of likely N-dealkylation sites (tertiary alicyclic amines) is 1. The van der Waals surface area contributed by atoms with Crippen molar-refractivity contribution in [3.8, 4) is 11.1 Å². The van der Waals surface area contributed by atoms with Gasteiger partial charge in [-0.3, -0.25) is 19.1 Å². The van der Waals surface area contributed by atoms with Crippen LogP contribution >= 0.6 is 15.9 Å². The zero-order chi connectivity index (χ0) is 30.3. The second-order valence-electron chi connectivity index (χ2n) is 9.76. The van der Waals surface area contributed by atoms with Gasteiger partial charge in [0.25, 0.3) is 0 Å². The van der Waals surface area contributed by atoms with Crippen LogP contribution in [0.15, 0.2) is 47.3 Å². The lowest BCUT2D eigenvalue weighted by Gasteiger charge is -2.23. The number of ketones is 1. The van der Waals surface area contributed by atoms with Gasteiger partial charge in [0.15, 0.2) is 5.78 Å². The molecule has 0 spiro atoms. The van der Waals surface area contributed by atoms with Crippen LogP contribution in [-0.4, -0.2) is 66.0 Å². The van der Waals surface area contributed by atoms with E-state index in [-0.39, 0.29) is 22.5 Å². The number of Topliss-reactive ketones (excluding diaryl/α,β-unsaturated/α-hetero) is 1. The van der Waals surface area contributed by atoms with Crippen LogP contribution in [0.3, 0.4) is 0 Å². The van der Waals surface area contributed by atoms with Crippen LogP contribution in [0.25, 0.3) is 22.0 Å². The molecule has 0 bridgehead atoms. The first-order chi connectivity index (χ1) is 19.8. The van der Waals surface area contributed by atoms with Crippen LogP contribution < -0.4 is 5.32 Å². The van der Waals surface area contributed by atoms with Gasteiger partial charge in [0, 0.05) is 36.7 Å². The van der Waals surface area contributed by atoms with Crippen LogP contribution in [0.5, 0.6) is 0 Å². The molecule has 1 fully saturated rings. The fraction of sp³-hybridized carbons (Fsp3) is 0.296. The predicted octanol–water partition coefficient (Wildman–Crippen LogP) is 4.76. The Kier molecular flexibility index (Phi) is 7.79. The molecule has 0 unspecified atom stereocenters. The number of hydrogen-bond acceptors (Lipinski definition) is 7. The van der Waals surface area contributed by atoms with Gasteiger partial charge in [-0.1, -0.05) is 6.07 Å². The minimum Gasteiger partial charge on any atom is -0.326 e. The third-order valence-electron chi connectivity index (χ3n) is 6.73. The number of halogens is 5. The molecule has 2 amide bonds. The Labute approximate surface area is 244 Å². The maximum Gasteiger partial charge on any atom is 0.416 e. The quantitative estimate of drug-likeness (QED) is 0.182. The summed E-state index contributed by atoms with van der Waals surface area (Å²) in [6, 6.07) is 5.27. The van der Waals surface area contributed by atoms with Gasteiger partial charge >= 0.3 is 6.18 Å². The van der Waals surface area contributed by atoms with Crippen molar-refractivity contribution in [2.45, 2.75) is 45.2 Å². The summed E-state index contributed by atoms with van der Waals surface area (Å²) in [5, 5.41) is 7.06. The number of pyridine rings is 1. The van der Waals surface area contributed by atoms with Crippen molar-refractivity contribution in [2.24, 2.45) is 0 Å². The molecule has 1 aromatic carbocycles. The molecule has 4 heterocycles. The number of anilines is 1. The van der Waals surface area contributed by atoms with E-state index in [1.165, 1.54) is 11.6 Å². The van der Waals surface area contributed by atoms with Crippen molar-refractivity contribution in [2.75, 3.05) is 11.9 Å². The Morgan fingerprint density at radius 3 is 2.48 bits per heavy atom. The third-order valence-corrected chi connectivity index (χ3v) is 7.14. The zero-order valence-electron chi connectivity index (χ0n) is 22.1. The topological polar surface area (TPSA) is 123 Å². The van der Waals surface area contributed by atoms with Crippen molar-refractivity contribution >= 4 is 50.2 Å². The highest BCUT2D eigenvalue weighted by Crippen LogP contribution is 2.33. The lowest BCUT2D eigenvalue weighted by Crippen LogP contribution is -2.44. The third kappa shape index (κ3) is 6.00. The van der Waals surface area contributed by atoms with Crippen molar-refractivity contribution in [1.82, 2.24) is 29.6 Å². The van der Waals surface area contributed by atoms with Crippen molar-refractivity contribution in [1.29, 1.82) is 0 Å². The van der Waals surface area contributed by atoms with E-state index in [2.05, 4.69) is 41.3 Å². The number of nitrogens with one attached hydrogen (secondary N) is 1. The molecule has 1 saturated heterocycles. The number of carbonyl (C=O) groups excluding carboxylic acids is 3. The predicted molar refractivity (Wildman–Crippen MR) is 146 cm³/mol. The van der Waals surface area contributed by atoms with Crippen molar-refractivity contribution < 1.29 is 31.9 Å². The smallest absolute Gasteiger partial charge is 0.326 e. The average molecular weight is 648 g/mol. The SMILES string of the molecule is CC(=O)c1nn(CC(=O)N2C[C@H](F)C[C@H]2C(=O)Nc2cc(C(F)(F)F)cc(Br)n2)c2ccc(-c3cnc(C)nc3)cc12. The summed E-state index contributed by atoms with van der Waals surface area (Å²) in [6.07, 6.45) is -3.29. The van der Waals surface area contributed by atoms with Gasteiger partial charge in [-0.25, -0.2) is 19.3 Å². The van der Waals surface area contributed by atoms with Crippen LogP contribution in [0.1, 0.15) is 35.2 Å². The maximum absolute atomic E-state index is 14.5. The summed E-state index contributed by atoms with van der Waals surface area (Å²) in [7, 11) is 0. The number of aromatic nitrogens is 5. The molecule has 3 aromatic heterocycles. The number of hydrogen-bond donors (Lipinski definition) is 1. The lowest BCUT2D eigenvalue weighted by molar-refractivity contribution is -0.137. The number of alkyl halides is 4. The molecule has 5 rings (SSSR count). The summed E-state index contributed by atoms with van der Waals surface area (Å²) in [5.74, 6) is -1.70. The second-order valence-corrected chi connectivity index (χ2v) is 10.6. The van der Waals surface area contributed by atoms with Crippen LogP contribution in [0.2, 0.25) is 0 Å². The maximum atomic E-state index is 14.5. The van der Waals surface area contributed by atoms with Crippen LogP contribution in [-0.2, 0) is 22.3 Å². The summed E-state index contributed by atoms with van der Waals surface area (Å²) in [6.45, 7) is 2.28. The highest BCUT2D eigenvalue weighted by molar-refractivity contribution is 9.10. The molecule has 218 valence electrons. The molecule has 4 aromatic rings. The second kappa shape index (κ2) is 11.2. The molecule has 1 N–H and O–H groups in total. The van der Waals surface area contributed by atoms with Gasteiger partial charge in [-0.2, -0.15) is 18.3 Å². The number of rotatable bonds is 6. The molecule has 10 nitrogen and oxygen atoms in total. The van der Waals surface area contributed by atoms with Crippen LogP contribution in [0.4, 0.5) is 23.4 Å². The first-order valence-corrected chi connectivity index (χ1v) is 13.4. The van der Waals surface area contributed by atoms with Crippen LogP contribution in [0, 0.1) is 6.92 Å². The molecule has 2 atom stereocenters.